The Kier molecular flexibility index (Phi) is 9.64. The number of hydrogen-bond acceptors (Lipinski definition) is 4. The van der Waals surface area contributed by atoms with Gasteiger partial charge in [0.05, 0.1) is 6.10 Å². The fraction of sp³-hybridized carbons (Fsp3) is 0.300. The highest BCUT2D eigenvalue weighted by Crippen LogP contribution is 1.87. The Morgan fingerprint density at radius 1 is 1.12 bits per heavy atom. The molecule has 0 saturated carbocycles. The highest BCUT2D eigenvalue weighted by Gasteiger charge is 1.96. The van der Waals surface area contributed by atoms with Crippen molar-refractivity contribution in [3.63, 3.8) is 0 Å². The molecule has 6 heteroatoms. The predicted molar refractivity (Wildman–Crippen MR) is 55.8 cm³/mol. The molecule has 90 valence electrons. The van der Waals surface area contributed by atoms with Crippen LogP contribution in [-0.4, -0.2) is 34.2 Å². The van der Waals surface area contributed by atoms with E-state index in [2.05, 4.69) is 11.3 Å². The molecular formula is C10H14O6. The molecule has 0 aliphatic rings. The third kappa shape index (κ3) is 17.8. The number of esters is 1. The molecule has 0 unspecified atom stereocenters. The Hall–Kier alpha value is -2.11. The minimum Gasteiger partial charge on any atom is -0.478 e. The third-order valence-electron chi connectivity index (χ3n) is 0.887. The van der Waals surface area contributed by atoms with Crippen molar-refractivity contribution in [1.82, 2.24) is 0 Å². The fourth-order valence-electron chi connectivity index (χ4n) is 0.423. The molecule has 0 fully saturated rings. The van der Waals surface area contributed by atoms with Crippen LogP contribution in [0, 0.1) is 0 Å². The van der Waals surface area contributed by atoms with E-state index < -0.39 is 11.9 Å². The molecule has 0 atom stereocenters. The fourth-order valence-corrected chi connectivity index (χ4v) is 0.423. The van der Waals surface area contributed by atoms with Crippen molar-refractivity contribution in [2.75, 3.05) is 0 Å². The molecule has 0 amide bonds. The molecule has 0 heterocycles. The molecule has 0 saturated heterocycles. The van der Waals surface area contributed by atoms with Crippen LogP contribution in [-0.2, 0) is 19.1 Å². The molecule has 6 nitrogen and oxygen atoms in total. The first-order chi connectivity index (χ1) is 7.29. The van der Waals surface area contributed by atoms with E-state index in [4.69, 9.17) is 10.2 Å². The van der Waals surface area contributed by atoms with E-state index in [9.17, 15) is 14.4 Å². The normalized spacial score (nSPS) is 9.19. The van der Waals surface area contributed by atoms with Crippen LogP contribution in [0.25, 0.3) is 0 Å². The molecule has 0 aromatic carbocycles. The summed E-state index contributed by atoms with van der Waals surface area (Å²) in [6.45, 7) is 6.83. The molecule has 0 aliphatic carbocycles. The van der Waals surface area contributed by atoms with Crippen LogP contribution in [0.5, 0.6) is 0 Å². The molecule has 0 bridgehead atoms. The standard InChI is InChI=1S/C6H10O2.C4H4O4/c1-4-6(7)8-5(2)3;5-3(6)1-2-4(7)8/h4-5H,1H2,2-3H3;1-2H,(H,5,6)(H,7,8)/b;2-1-. The van der Waals surface area contributed by atoms with Gasteiger partial charge in [-0.1, -0.05) is 6.58 Å². The zero-order chi connectivity index (χ0) is 13.1. The third-order valence-corrected chi connectivity index (χ3v) is 0.887. The Bertz CT molecular complexity index is 274. The van der Waals surface area contributed by atoms with Gasteiger partial charge in [0.2, 0.25) is 0 Å². The highest BCUT2D eigenvalue weighted by atomic mass is 16.5. The Balaban J connectivity index is 0. The van der Waals surface area contributed by atoms with Crippen molar-refractivity contribution in [2.24, 2.45) is 0 Å². The number of hydrogen-bond donors (Lipinski definition) is 2. The van der Waals surface area contributed by atoms with Crippen LogP contribution in [0.3, 0.4) is 0 Å². The maximum Gasteiger partial charge on any atom is 0.330 e. The van der Waals surface area contributed by atoms with Gasteiger partial charge in [-0.15, -0.1) is 0 Å². The minimum absolute atomic E-state index is 0.0412. The Labute approximate surface area is 92.8 Å². The smallest absolute Gasteiger partial charge is 0.330 e. The van der Waals surface area contributed by atoms with Crippen molar-refractivity contribution < 1.29 is 29.3 Å². The average molecular weight is 230 g/mol. The molecule has 0 spiro atoms. The highest BCUT2D eigenvalue weighted by molar-refractivity contribution is 5.89. The van der Waals surface area contributed by atoms with E-state index >= 15 is 0 Å². The SMILES string of the molecule is C=CC(=O)OC(C)C.O=C(O)/C=C\C(=O)O. The van der Waals surface area contributed by atoms with E-state index in [-0.39, 0.29) is 12.1 Å². The van der Waals surface area contributed by atoms with Crippen LogP contribution >= 0.6 is 0 Å². The Morgan fingerprint density at radius 3 is 1.62 bits per heavy atom. The van der Waals surface area contributed by atoms with Crippen LogP contribution in [0.4, 0.5) is 0 Å². The number of ether oxygens (including phenoxy) is 1. The topological polar surface area (TPSA) is 101 Å². The van der Waals surface area contributed by atoms with E-state index in [1.54, 1.807) is 13.8 Å². The lowest BCUT2D eigenvalue weighted by Gasteiger charge is -2.02. The van der Waals surface area contributed by atoms with Crippen LogP contribution < -0.4 is 0 Å². The first kappa shape index (κ1) is 16.3. The largest absolute Gasteiger partial charge is 0.478 e. The quantitative estimate of drug-likeness (QED) is 0.548. The number of carbonyl (C=O) groups excluding carboxylic acids is 1. The second-order valence-electron chi connectivity index (χ2n) is 2.70. The molecule has 0 aliphatic heterocycles. The lowest BCUT2D eigenvalue weighted by Crippen LogP contribution is -2.07. The van der Waals surface area contributed by atoms with Gasteiger partial charge in [-0.3, -0.25) is 0 Å². The van der Waals surface area contributed by atoms with E-state index in [1.807, 2.05) is 0 Å². The number of carboxylic acid groups (broad SMARTS) is 2. The van der Waals surface area contributed by atoms with Gasteiger partial charge >= 0.3 is 17.9 Å². The molecular weight excluding hydrogens is 216 g/mol. The van der Waals surface area contributed by atoms with E-state index in [0.29, 0.717) is 12.2 Å². The molecule has 0 aromatic rings. The van der Waals surface area contributed by atoms with Gasteiger partial charge in [0.15, 0.2) is 0 Å². The number of rotatable bonds is 4. The molecule has 16 heavy (non-hydrogen) atoms. The lowest BCUT2D eigenvalue weighted by atomic mass is 10.5. The van der Waals surface area contributed by atoms with Gasteiger partial charge in [-0.25, -0.2) is 14.4 Å². The van der Waals surface area contributed by atoms with E-state index in [1.165, 1.54) is 0 Å². The summed E-state index contributed by atoms with van der Waals surface area (Å²) in [5, 5.41) is 15.6. The monoisotopic (exact) mass is 230 g/mol. The summed E-state index contributed by atoms with van der Waals surface area (Å²) in [6, 6.07) is 0. The van der Waals surface area contributed by atoms with Gasteiger partial charge < -0.3 is 14.9 Å². The zero-order valence-electron chi connectivity index (χ0n) is 9.04. The first-order valence-corrected chi connectivity index (χ1v) is 4.26. The number of aliphatic carboxylic acids is 2. The maximum absolute atomic E-state index is 10.3. The lowest BCUT2D eigenvalue weighted by molar-refractivity contribution is -0.141. The van der Waals surface area contributed by atoms with Gasteiger partial charge in [-0.2, -0.15) is 0 Å². The predicted octanol–water partition coefficient (Wildman–Crippen LogP) is 0.836. The minimum atomic E-state index is -1.26. The van der Waals surface area contributed by atoms with Crippen LogP contribution in [0.2, 0.25) is 0 Å². The maximum atomic E-state index is 10.3. The average Bonchev–Trinajstić information content (AvgIpc) is 2.14. The summed E-state index contributed by atoms with van der Waals surface area (Å²) >= 11 is 0. The van der Waals surface area contributed by atoms with Crippen LogP contribution in [0.15, 0.2) is 24.8 Å². The molecule has 0 radical (unpaired) electrons. The Morgan fingerprint density at radius 2 is 1.50 bits per heavy atom. The zero-order valence-corrected chi connectivity index (χ0v) is 9.04. The number of carbonyl (C=O) groups is 3. The molecule has 0 rings (SSSR count). The van der Waals surface area contributed by atoms with Gasteiger partial charge in [0, 0.05) is 18.2 Å². The second kappa shape index (κ2) is 9.45. The van der Waals surface area contributed by atoms with Crippen molar-refractivity contribution in [2.45, 2.75) is 20.0 Å². The number of carboxylic acids is 2. The van der Waals surface area contributed by atoms with Gasteiger partial charge in [0.25, 0.3) is 0 Å². The van der Waals surface area contributed by atoms with Crippen molar-refractivity contribution >= 4 is 17.9 Å². The van der Waals surface area contributed by atoms with E-state index in [0.717, 1.165) is 6.08 Å². The summed E-state index contributed by atoms with van der Waals surface area (Å²) in [5.41, 5.74) is 0. The first-order valence-electron chi connectivity index (χ1n) is 4.26. The molecule has 2 N–H and O–H groups in total. The van der Waals surface area contributed by atoms with Crippen LogP contribution in [0.1, 0.15) is 13.8 Å². The van der Waals surface area contributed by atoms with Gasteiger partial charge in [0.1, 0.15) is 0 Å². The van der Waals surface area contributed by atoms with Gasteiger partial charge in [-0.05, 0) is 13.8 Å². The van der Waals surface area contributed by atoms with Crippen molar-refractivity contribution in [3.05, 3.63) is 24.8 Å². The van der Waals surface area contributed by atoms with Crippen molar-refractivity contribution in [3.8, 4) is 0 Å². The van der Waals surface area contributed by atoms with Crippen molar-refractivity contribution in [1.29, 1.82) is 0 Å². The molecule has 0 aromatic heterocycles. The summed E-state index contributed by atoms with van der Waals surface area (Å²) < 4.78 is 4.64. The summed E-state index contributed by atoms with van der Waals surface area (Å²) in [6.07, 6.45) is 2.23. The summed E-state index contributed by atoms with van der Waals surface area (Å²) in [5.74, 6) is -2.88. The summed E-state index contributed by atoms with van der Waals surface area (Å²) in [7, 11) is 0. The second-order valence-corrected chi connectivity index (χ2v) is 2.70. The summed E-state index contributed by atoms with van der Waals surface area (Å²) in [4.78, 5) is 29.4.